The molecule has 1 aliphatic heterocycles. The maximum Gasteiger partial charge on any atom is 0.132 e. The van der Waals surface area contributed by atoms with Crippen molar-refractivity contribution in [3.8, 4) is 44.9 Å². The number of fused-ring (bicyclic) bond motifs is 11. The van der Waals surface area contributed by atoms with Crippen molar-refractivity contribution in [3.05, 3.63) is 235 Å². The molecule has 1 aliphatic carbocycles. The van der Waals surface area contributed by atoms with Gasteiger partial charge in [-0.15, -0.1) is 0 Å². The zero-order valence-electron chi connectivity index (χ0n) is 30.1. The van der Waals surface area contributed by atoms with Crippen LogP contribution >= 0.6 is 0 Å². The Morgan fingerprint density at radius 1 is 0.364 bits per heavy atom. The molecule has 0 atom stereocenters. The van der Waals surface area contributed by atoms with Gasteiger partial charge in [-0.25, -0.2) is 0 Å². The molecular weight excluding hydrogens is 667 g/mol. The van der Waals surface area contributed by atoms with E-state index in [4.69, 9.17) is 4.74 Å². The Hall–Kier alpha value is -7.16. The second-order valence-electron chi connectivity index (χ2n) is 14.4. The van der Waals surface area contributed by atoms with Gasteiger partial charge >= 0.3 is 0 Å². The number of benzene rings is 9. The summed E-state index contributed by atoms with van der Waals surface area (Å²) in [5.41, 5.74) is 14.9. The second-order valence-corrected chi connectivity index (χ2v) is 14.4. The van der Waals surface area contributed by atoms with E-state index in [1.165, 1.54) is 66.4 Å². The van der Waals surface area contributed by atoms with E-state index in [-0.39, 0.29) is 0 Å². The predicted octanol–water partition coefficient (Wildman–Crippen LogP) is 14.1. The lowest BCUT2D eigenvalue weighted by Crippen LogP contribution is -2.32. The molecule has 0 aromatic heterocycles. The van der Waals surface area contributed by atoms with Crippen molar-refractivity contribution < 1.29 is 4.74 Å². The molecule has 0 radical (unpaired) electrons. The molecule has 1 spiro atoms. The molecule has 258 valence electrons. The van der Waals surface area contributed by atoms with E-state index in [1.54, 1.807) is 0 Å². The van der Waals surface area contributed by atoms with Crippen molar-refractivity contribution in [2.45, 2.75) is 5.41 Å². The van der Waals surface area contributed by atoms with Gasteiger partial charge in [-0.05, 0) is 92.2 Å². The highest BCUT2D eigenvalue weighted by Gasteiger charge is 2.51. The van der Waals surface area contributed by atoms with Crippen LogP contribution in [0.4, 0.5) is 17.1 Å². The van der Waals surface area contributed by atoms with Gasteiger partial charge in [-0.1, -0.05) is 170 Å². The van der Waals surface area contributed by atoms with Gasteiger partial charge in [0.05, 0.1) is 11.1 Å². The van der Waals surface area contributed by atoms with Crippen LogP contribution in [-0.2, 0) is 5.41 Å². The third-order valence-electron chi connectivity index (χ3n) is 11.5. The minimum absolute atomic E-state index is 0.553. The highest BCUT2D eigenvalue weighted by atomic mass is 16.5. The van der Waals surface area contributed by atoms with Crippen LogP contribution in [0.2, 0.25) is 0 Å². The van der Waals surface area contributed by atoms with Crippen LogP contribution in [0.1, 0.15) is 22.3 Å². The van der Waals surface area contributed by atoms with E-state index >= 15 is 0 Å². The van der Waals surface area contributed by atoms with Gasteiger partial charge in [-0.3, -0.25) is 0 Å². The smallest absolute Gasteiger partial charge is 0.132 e. The van der Waals surface area contributed by atoms with Gasteiger partial charge in [0.25, 0.3) is 0 Å². The summed E-state index contributed by atoms with van der Waals surface area (Å²) in [6, 6.07) is 76.8. The first-order valence-electron chi connectivity index (χ1n) is 18.9. The maximum absolute atomic E-state index is 6.65. The second kappa shape index (κ2) is 12.5. The molecule has 9 aromatic carbocycles. The van der Waals surface area contributed by atoms with Crippen LogP contribution in [0, 0.1) is 0 Å². The molecule has 11 rings (SSSR count). The monoisotopic (exact) mass is 701 g/mol. The van der Waals surface area contributed by atoms with Crippen molar-refractivity contribution in [2.75, 3.05) is 4.90 Å². The summed E-state index contributed by atoms with van der Waals surface area (Å²) in [6.45, 7) is 0. The van der Waals surface area contributed by atoms with Crippen molar-refractivity contribution in [1.82, 2.24) is 0 Å². The molecule has 0 amide bonds. The highest BCUT2D eigenvalue weighted by Crippen LogP contribution is 2.63. The molecule has 0 bridgehead atoms. The molecule has 0 fully saturated rings. The molecule has 9 aromatic rings. The minimum Gasteiger partial charge on any atom is -0.457 e. The van der Waals surface area contributed by atoms with Crippen molar-refractivity contribution >= 4 is 27.8 Å². The number of nitrogens with zero attached hydrogens (tertiary/aromatic N) is 1. The summed E-state index contributed by atoms with van der Waals surface area (Å²) in [5, 5.41) is 2.48. The average Bonchev–Trinajstić information content (AvgIpc) is 3.55. The summed E-state index contributed by atoms with van der Waals surface area (Å²) in [5.74, 6) is 1.79. The first-order chi connectivity index (χ1) is 27.3. The zero-order chi connectivity index (χ0) is 36.3. The minimum atomic E-state index is -0.553. The average molecular weight is 702 g/mol. The van der Waals surface area contributed by atoms with Gasteiger partial charge in [0, 0.05) is 28.1 Å². The molecule has 2 aliphatic rings. The number of rotatable bonds is 5. The van der Waals surface area contributed by atoms with Crippen LogP contribution < -0.4 is 9.64 Å². The molecule has 55 heavy (non-hydrogen) atoms. The fourth-order valence-electron chi connectivity index (χ4n) is 9.19. The highest BCUT2D eigenvalue weighted by molar-refractivity contribution is 6.05. The van der Waals surface area contributed by atoms with Crippen molar-refractivity contribution in [1.29, 1.82) is 0 Å². The molecule has 2 heteroatoms. The summed E-state index contributed by atoms with van der Waals surface area (Å²) >= 11 is 0. The number of para-hydroxylation sites is 3. The molecular formula is C53H35NO. The normalized spacial score (nSPS) is 13.0. The Morgan fingerprint density at radius 3 is 1.67 bits per heavy atom. The van der Waals surface area contributed by atoms with Gasteiger partial charge in [0.2, 0.25) is 0 Å². The zero-order valence-corrected chi connectivity index (χ0v) is 30.1. The molecule has 2 nitrogen and oxygen atoms in total. The first-order valence-corrected chi connectivity index (χ1v) is 18.9. The number of ether oxygens (including phenoxy) is 1. The van der Waals surface area contributed by atoms with E-state index in [9.17, 15) is 0 Å². The molecule has 0 N–H and O–H groups in total. The van der Waals surface area contributed by atoms with Crippen molar-refractivity contribution in [2.24, 2.45) is 0 Å². The van der Waals surface area contributed by atoms with Crippen LogP contribution in [0.25, 0.3) is 44.2 Å². The topological polar surface area (TPSA) is 12.5 Å². The summed E-state index contributed by atoms with van der Waals surface area (Å²) in [4.78, 5) is 2.43. The SMILES string of the molecule is c1ccc(-c2ccc(N(c3ccc4c(c3)-c3c(ccc5ccccc35)C43c4ccccc4Oc4ccccc43)c3ccccc3-c3ccccc3)cc2)cc1. The third kappa shape index (κ3) is 4.75. The summed E-state index contributed by atoms with van der Waals surface area (Å²) in [6.07, 6.45) is 0. The third-order valence-corrected chi connectivity index (χ3v) is 11.5. The van der Waals surface area contributed by atoms with E-state index in [2.05, 4.69) is 217 Å². The number of hydrogen-bond acceptors (Lipinski definition) is 2. The first kappa shape index (κ1) is 31.4. The fourth-order valence-corrected chi connectivity index (χ4v) is 9.19. The van der Waals surface area contributed by atoms with Crippen LogP contribution in [0.15, 0.2) is 212 Å². The Balaban J connectivity index is 1.20. The standard InChI is InChI=1S/C53H35NO/c1-3-15-36(16-4-1)37-27-30-40(31-28-37)54(49-24-12-9-20-42(49)38-17-5-2-6-18-38)41-32-34-45-44(35-41)52-43-21-8-7-19-39(43)29-33-48(52)53(45)46-22-10-13-25-50(46)55-51-26-14-11-23-47(51)53/h1-35H. The van der Waals surface area contributed by atoms with E-state index in [0.29, 0.717) is 0 Å². The largest absolute Gasteiger partial charge is 0.457 e. The van der Waals surface area contributed by atoms with Crippen LogP contribution in [0.3, 0.4) is 0 Å². The Bertz CT molecular complexity index is 2850. The fraction of sp³-hybridized carbons (Fsp3) is 0.0189. The lowest BCUT2D eigenvalue weighted by molar-refractivity contribution is 0.436. The van der Waals surface area contributed by atoms with Crippen LogP contribution in [-0.4, -0.2) is 0 Å². The molecule has 1 heterocycles. The van der Waals surface area contributed by atoms with Gasteiger partial charge in [-0.2, -0.15) is 0 Å². The maximum atomic E-state index is 6.65. The van der Waals surface area contributed by atoms with Gasteiger partial charge in [0.15, 0.2) is 0 Å². The van der Waals surface area contributed by atoms with E-state index in [0.717, 1.165) is 28.6 Å². The van der Waals surface area contributed by atoms with Gasteiger partial charge in [0.1, 0.15) is 11.5 Å². The molecule has 0 saturated carbocycles. The summed E-state index contributed by atoms with van der Waals surface area (Å²) in [7, 11) is 0. The van der Waals surface area contributed by atoms with E-state index in [1.807, 2.05) is 0 Å². The molecule has 0 unspecified atom stereocenters. The molecule has 0 saturated heterocycles. The number of hydrogen-bond donors (Lipinski definition) is 0. The lowest BCUT2D eigenvalue weighted by atomic mass is 9.66. The number of anilines is 3. The Labute approximate surface area is 321 Å². The van der Waals surface area contributed by atoms with Crippen LogP contribution in [0.5, 0.6) is 11.5 Å². The Kier molecular flexibility index (Phi) is 7.11. The Morgan fingerprint density at radius 2 is 0.927 bits per heavy atom. The summed E-state index contributed by atoms with van der Waals surface area (Å²) < 4.78 is 6.65. The predicted molar refractivity (Wildman–Crippen MR) is 227 cm³/mol. The van der Waals surface area contributed by atoms with Gasteiger partial charge < -0.3 is 9.64 Å². The quantitative estimate of drug-likeness (QED) is 0.177. The van der Waals surface area contributed by atoms with Crippen molar-refractivity contribution in [3.63, 3.8) is 0 Å². The lowest BCUT2D eigenvalue weighted by Gasteiger charge is -2.39. The van der Waals surface area contributed by atoms with E-state index < -0.39 is 5.41 Å².